The van der Waals surface area contributed by atoms with Crippen LogP contribution >= 0.6 is 22.9 Å². The summed E-state index contributed by atoms with van der Waals surface area (Å²) in [6.07, 6.45) is 1.86. The van der Waals surface area contributed by atoms with E-state index in [1.54, 1.807) is 32.0 Å². The zero-order valence-corrected chi connectivity index (χ0v) is 28.0. The first kappa shape index (κ1) is 32.8. The summed E-state index contributed by atoms with van der Waals surface area (Å²) in [4.78, 5) is 44.4. The molecule has 12 heteroatoms. The van der Waals surface area contributed by atoms with Crippen molar-refractivity contribution in [1.82, 2.24) is 9.13 Å². The Labute approximate surface area is 274 Å². The minimum Gasteiger partial charge on any atom is -0.490 e. The van der Waals surface area contributed by atoms with E-state index in [2.05, 4.69) is 14.3 Å². The van der Waals surface area contributed by atoms with Gasteiger partial charge in [-0.05, 0) is 94.3 Å². The maximum atomic E-state index is 14.2. The molecule has 5 rings (SSSR count). The van der Waals surface area contributed by atoms with E-state index in [4.69, 9.17) is 25.8 Å². The molecule has 0 spiro atoms. The average molecular weight is 664 g/mol. The molecule has 10 nitrogen and oxygen atoms in total. The second-order valence-corrected chi connectivity index (χ2v) is 11.9. The lowest BCUT2D eigenvalue weighted by molar-refractivity contribution is -0.143. The van der Waals surface area contributed by atoms with E-state index in [1.807, 2.05) is 57.2 Å². The smallest absolute Gasteiger partial charge is 0.343 e. The maximum absolute atomic E-state index is 14.2. The Morgan fingerprint density at radius 1 is 1.00 bits per heavy atom. The fourth-order valence-electron chi connectivity index (χ4n) is 5.45. The average Bonchev–Trinajstić information content (AvgIpc) is 3.49. The van der Waals surface area contributed by atoms with Crippen molar-refractivity contribution in [2.24, 2.45) is 4.99 Å². The van der Waals surface area contributed by atoms with E-state index in [0.717, 1.165) is 22.6 Å². The van der Waals surface area contributed by atoms with Crippen LogP contribution in [0.25, 0.3) is 11.8 Å². The van der Waals surface area contributed by atoms with Crippen LogP contribution in [0, 0.1) is 13.8 Å². The van der Waals surface area contributed by atoms with Gasteiger partial charge in [-0.2, -0.15) is 0 Å². The number of aromatic nitrogens is 2. The molecule has 240 valence electrons. The van der Waals surface area contributed by atoms with Crippen LogP contribution in [0.5, 0.6) is 11.5 Å². The maximum Gasteiger partial charge on any atom is 0.343 e. The van der Waals surface area contributed by atoms with E-state index in [9.17, 15) is 14.4 Å². The summed E-state index contributed by atoms with van der Waals surface area (Å²) in [7, 11) is 1.28. The van der Waals surface area contributed by atoms with Gasteiger partial charge in [0.25, 0.3) is 5.56 Å². The van der Waals surface area contributed by atoms with Crippen LogP contribution in [-0.2, 0) is 19.1 Å². The van der Waals surface area contributed by atoms with E-state index in [-0.39, 0.29) is 24.3 Å². The molecule has 0 saturated heterocycles. The lowest BCUT2D eigenvalue weighted by Crippen LogP contribution is -2.40. The first-order valence-electron chi connectivity index (χ1n) is 14.7. The molecular weight excluding hydrogens is 630 g/mol. The van der Waals surface area contributed by atoms with E-state index < -0.39 is 18.0 Å². The SMILES string of the molecule is CCOC(=O)C1=C(C)N=c2s/c(=C/c3cc(C)n(-c4ccc(Cl)cc4)c3C)c(=O)n2[C@@H]1c1ccc(OCC(=O)OC)c(OCC)c1. The van der Waals surface area contributed by atoms with Gasteiger partial charge < -0.3 is 23.5 Å². The van der Waals surface area contributed by atoms with Crippen LogP contribution in [0.2, 0.25) is 5.02 Å². The molecule has 3 heterocycles. The highest BCUT2D eigenvalue weighted by atomic mass is 35.5. The van der Waals surface area contributed by atoms with Crippen LogP contribution < -0.4 is 24.4 Å². The summed E-state index contributed by atoms with van der Waals surface area (Å²) in [6.45, 7) is 9.43. The van der Waals surface area contributed by atoms with Crippen molar-refractivity contribution in [3.8, 4) is 17.2 Å². The fourth-order valence-corrected chi connectivity index (χ4v) is 6.61. The van der Waals surface area contributed by atoms with Crippen molar-refractivity contribution >= 4 is 41.0 Å². The first-order chi connectivity index (χ1) is 22.1. The lowest BCUT2D eigenvalue weighted by atomic mass is 9.95. The third-order valence-electron chi connectivity index (χ3n) is 7.52. The number of allylic oxidation sites excluding steroid dienone is 1. The Bertz CT molecular complexity index is 2020. The van der Waals surface area contributed by atoms with Gasteiger partial charge in [0, 0.05) is 22.1 Å². The molecule has 4 aromatic rings. The zero-order valence-electron chi connectivity index (χ0n) is 26.4. The van der Waals surface area contributed by atoms with Gasteiger partial charge in [-0.25, -0.2) is 14.6 Å². The van der Waals surface area contributed by atoms with Gasteiger partial charge in [0.05, 0.1) is 42.2 Å². The highest BCUT2D eigenvalue weighted by Gasteiger charge is 2.34. The number of ether oxygens (including phenoxy) is 4. The van der Waals surface area contributed by atoms with Crippen molar-refractivity contribution in [2.75, 3.05) is 26.9 Å². The number of hydrogen-bond donors (Lipinski definition) is 0. The normalized spacial score (nSPS) is 14.5. The Hall–Kier alpha value is -4.61. The van der Waals surface area contributed by atoms with Gasteiger partial charge in [-0.15, -0.1) is 0 Å². The molecule has 0 unspecified atom stereocenters. The molecule has 0 aliphatic carbocycles. The quantitative estimate of drug-likeness (QED) is 0.224. The number of fused-ring (bicyclic) bond motifs is 1. The highest BCUT2D eigenvalue weighted by Crippen LogP contribution is 2.36. The Kier molecular flexibility index (Phi) is 9.83. The molecule has 0 amide bonds. The Morgan fingerprint density at radius 3 is 2.41 bits per heavy atom. The zero-order chi connectivity index (χ0) is 33.1. The van der Waals surface area contributed by atoms with Crippen molar-refractivity contribution in [2.45, 2.75) is 40.7 Å². The topological polar surface area (TPSA) is 110 Å². The molecule has 2 aromatic heterocycles. The van der Waals surface area contributed by atoms with Crippen LogP contribution in [0.4, 0.5) is 0 Å². The number of nitrogens with zero attached hydrogens (tertiary/aromatic N) is 3. The number of carbonyl (C=O) groups excluding carboxylic acids is 2. The molecule has 0 fully saturated rings. The highest BCUT2D eigenvalue weighted by molar-refractivity contribution is 7.07. The summed E-state index contributed by atoms with van der Waals surface area (Å²) >= 11 is 7.36. The van der Waals surface area contributed by atoms with Crippen molar-refractivity contribution in [3.63, 3.8) is 0 Å². The molecule has 46 heavy (non-hydrogen) atoms. The van der Waals surface area contributed by atoms with Gasteiger partial charge in [0.1, 0.15) is 0 Å². The van der Waals surface area contributed by atoms with Crippen molar-refractivity contribution in [1.29, 1.82) is 0 Å². The summed E-state index contributed by atoms with van der Waals surface area (Å²) in [5, 5.41) is 0.649. The molecule has 2 aromatic carbocycles. The standard InChI is InChI=1S/C34H34ClN3O7S/c1-7-43-27-16-22(9-14-26(27)45-18-29(39)42-6)31-30(33(41)44-8-2)20(4)36-34-38(31)32(40)28(46-34)17-23-15-19(3)37(21(23)5)25-12-10-24(35)11-13-25/h9-17,31H,7-8,18H2,1-6H3/b28-17+/t31-/m1/s1. The fraction of sp³-hybridized carbons (Fsp3) is 0.294. The lowest BCUT2D eigenvalue weighted by Gasteiger charge is -2.25. The molecular formula is C34H34ClN3O7S. The van der Waals surface area contributed by atoms with Crippen LogP contribution in [0.3, 0.4) is 0 Å². The van der Waals surface area contributed by atoms with Gasteiger partial charge in [0.15, 0.2) is 22.9 Å². The van der Waals surface area contributed by atoms with Crippen molar-refractivity contribution in [3.05, 3.63) is 107 Å². The molecule has 0 radical (unpaired) electrons. The number of halogens is 1. The summed E-state index contributed by atoms with van der Waals surface area (Å²) < 4.78 is 25.7. The Morgan fingerprint density at radius 2 is 1.74 bits per heavy atom. The Balaban J connectivity index is 1.66. The van der Waals surface area contributed by atoms with Crippen LogP contribution in [0.1, 0.15) is 49.3 Å². The van der Waals surface area contributed by atoms with Crippen LogP contribution in [0.15, 0.2) is 69.6 Å². The number of hydrogen-bond acceptors (Lipinski definition) is 9. The number of methoxy groups -OCH3 is 1. The minimum atomic E-state index is -0.854. The predicted molar refractivity (Wildman–Crippen MR) is 176 cm³/mol. The number of rotatable bonds is 10. The van der Waals surface area contributed by atoms with Gasteiger partial charge >= 0.3 is 11.9 Å². The minimum absolute atomic E-state index is 0.153. The third kappa shape index (κ3) is 6.38. The summed E-state index contributed by atoms with van der Waals surface area (Å²) in [5.74, 6) is -0.453. The molecule has 0 saturated carbocycles. The molecule has 0 N–H and O–H groups in total. The van der Waals surface area contributed by atoms with Crippen molar-refractivity contribution < 1.29 is 28.5 Å². The monoisotopic (exact) mass is 663 g/mol. The number of carbonyl (C=O) groups is 2. The molecule has 0 bridgehead atoms. The van der Waals surface area contributed by atoms with Gasteiger partial charge in [-0.1, -0.05) is 29.0 Å². The number of thiazole rings is 1. The molecule has 1 aliphatic heterocycles. The van der Waals surface area contributed by atoms with E-state index >= 15 is 0 Å². The molecule has 1 aliphatic rings. The number of esters is 2. The third-order valence-corrected chi connectivity index (χ3v) is 8.75. The predicted octanol–water partition coefficient (Wildman–Crippen LogP) is 4.81. The second kappa shape index (κ2) is 13.8. The number of aryl methyl sites for hydroxylation is 1. The van der Waals surface area contributed by atoms with E-state index in [0.29, 0.717) is 43.7 Å². The largest absolute Gasteiger partial charge is 0.490 e. The first-order valence-corrected chi connectivity index (χ1v) is 15.9. The second-order valence-electron chi connectivity index (χ2n) is 10.4. The summed E-state index contributed by atoms with van der Waals surface area (Å²) in [6, 6.07) is 13.8. The number of benzene rings is 2. The summed E-state index contributed by atoms with van der Waals surface area (Å²) in [5.41, 5.74) is 4.75. The van der Waals surface area contributed by atoms with Gasteiger partial charge in [0.2, 0.25) is 0 Å². The van der Waals surface area contributed by atoms with E-state index in [1.165, 1.54) is 23.0 Å². The van der Waals surface area contributed by atoms with Crippen LogP contribution in [-0.4, -0.2) is 48.0 Å². The van der Waals surface area contributed by atoms with Gasteiger partial charge in [-0.3, -0.25) is 9.36 Å². The molecule has 1 atom stereocenters.